The highest BCUT2D eigenvalue weighted by atomic mass is 35.5. The monoisotopic (exact) mass is 239 g/mol. The lowest BCUT2D eigenvalue weighted by Gasteiger charge is -2.16. The van der Waals surface area contributed by atoms with Gasteiger partial charge in [-0.2, -0.15) is 13.2 Å². The van der Waals surface area contributed by atoms with Crippen LogP contribution in [0.25, 0.3) is 0 Å². The van der Waals surface area contributed by atoms with Crippen LogP contribution >= 0.6 is 11.6 Å². The van der Waals surface area contributed by atoms with Crippen molar-refractivity contribution < 1.29 is 18.3 Å². The summed E-state index contributed by atoms with van der Waals surface area (Å²) < 4.78 is 37.5. The first-order valence-corrected chi connectivity index (χ1v) is 4.47. The third-order valence-corrected chi connectivity index (χ3v) is 2.15. The van der Waals surface area contributed by atoms with E-state index in [-0.39, 0.29) is 10.6 Å². The zero-order chi connectivity index (χ0) is 11.6. The summed E-state index contributed by atoms with van der Waals surface area (Å²) in [6.45, 7) is -0.566. The fourth-order valence-corrected chi connectivity index (χ4v) is 1.38. The van der Waals surface area contributed by atoms with E-state index >= 15 is 0 Å². The van der Waals surface area contributed by atoms with Crippen LogP contribution in [0.1, 0.15) is 17.2 Å². The van der Waals surface area contributed by atoms with E-state index in [0.29, 0.717) is 0 Å². The van der Waals surface area contributed by atoms with Crippen molar-refractivity contribution in [2.75, 3.05) is 6.61 Å². The second-order valence-corrected chi connectivity index (χ2v) is 3.45. The van der Waals surface area contributed by atoms with Crippen LogP contribution in [0.3, 0.4) is 0 Å². The van der Waals surface area contributed by atoms with Crippen molar-refractivity contribution in [1.82, 2.24) is 0 Å². The molecule has 0 bridgehead atoms. The molecule has 1 aromatic rings. The number of rotatable bonds is 2. The number of hydrogen-bond donors (Lipinski definition) is 2. The molecule has 0 saturated heterocycles. The number of alkyl halides is 3. The number of hydrogen-bond acceptors (Lipinski definition) is 2. The molecule has 0 saturated carbocycles. The molecular formula is C9H9ClF3NO. The number of aliphatic hydroxyl groups excluding tert-OH is 1. The molecule has 0 unspecified atom stereocenters. The van der Waals surface area contributed by atoms with E-state index in [1.807, 2.05) is 0 Å². The second kappa shape index (κ2) is 4.38. The summed E-state index contributed by atoms with van der Waals surface area (Å²) in [5, 5.41) is 8.89. The molecule has 0 fully saturated rings. The van der Waals surface area contributed by atoms with E-state index in [2.05, 4.69) is 0 Å². The lowest BCUT2D eigenvalue weighted by Crippen LogP contribution is -2.20. The average Bonchev–Trinajstić information content (AvgIpc) is 2.14. The first kappa shape index (κ1) is 12.3. The third kappa shape index (κ3) is 2.84. The molecule has 0 radical (unpaired) electrons. The van der Waals surface area contributed by atoms with Crippen molar-refractivity contribution in [1.29, 1.82) is 0 Å². The maximum absolute atomic E-state index is 12.5. The summed E-state index contributed by atoms with van der Waals surface area (Å²) in [6.07, 6.45) is -4.49. The van der Waals surface area contributed by atoms with Crippen LogP contribution in [0.2, 0.25) is 5.02 Å². The van der Waals surface area contributed by atoms with Crippen molar-refractivity contribution >= 4 is 11.6 Å². The maximum atomic E-state index is 12.5. The Labute approximate surface area is 89.5 Å². The summed E-state index contributed by atoms with van der Waals surface area (Å²) >= 11 is 5.56. The molecule has 1 aromatic carbocycles. The standard InChI is InChI=1S/C9H9ClF3NO/c10-5-1-2-7(9(11,12)13)6(3-5)8(14)4-15/h1-3,8,15H,4,14H2/t8-/m0/s1. The Kier molecular flexibility index (Phi) is 3.59. The zero-order valence-corrected chi connectivity index (χ0v) is 8.31. The predicted molar refractivity (Wildman–Crippen MR) is 50.5 cm³/mol. The number of benzene rings is 1. The van der Waals surface area contributed by atoms with Crippen LogP contribution in [-0.4, -0.2) is 11.7 Å². The molecule has 15 heavy (non-hydrogen) atoms. The zero-order valence-electron chi connectivity index (χ0n) is 7.55. The molecule has 1 rings (SSSR count). The largest absolute Gasteiger partial charge is 0.416 e. The molecule has 0 heterocycles. The van der Waals surface area contributed by atoms with Crippen LogP contribution < -0.4 is 5.73 Å². The van der Waals surface area contributed by atoms with Crippen LogP contribution in [0, 0.1) is 0 Å². The minimum Gasteiger partial charge on any atom is -0.394 e. The van der Waals surface area contributed by atoms with Crippen molar-refractivity contribution in [2.45, 2.75) is 12.2 Å². The van der Waals surface area contributed by atoms with E-state index in [1.165, 1.54) is 0 Å². The fourth-order valence-electron chi connectivity index (χ4n) is 1.20. The summed E-state index contributed by atoms with van der Waals surface area (Å²) in [7, 11) is 0. The Balaban J connectivity index is 3.27. The van der Waals surface area contributed by atoms with E-state index in [0.717, 1.165) is 18.2 Å². The van der Waals surface area contributed by atoms with Gasteiger partial charge in [0.1, 0.15) is 0 Å². The van der Waals surface area contributed by atoms with Gasteiger partial charge in [0.25, 0.3) is 0 Å². The lowest BCUT2D eigenvalue weighted by molar-refractivity contribution is -0.138. The first-order chi connectivity index (χ1) is 6.86. The summed E-state index contributed by atoms with van der Waals surface area (Å²) in [6, 6.07) is 2.02. The van der Waals surface area contributed by atoms with Gasteiger partial charge in [-0.05, 0) is 23.8 Å². The normalized spacial score (nSPS) is 14.0. The summed E-state index contributed by atoms with van der Waals surface area (Å²) in [5.41, 5.74) is 4.29. The average molecular weight is 240 g/mol. The van der Waals surface area contributed by atoms with Gasteiger partial charge in [-0.3, -0.25) is 0 Å². The van der Waals surface area contributed by atoms with Gasteiger partial charge in [-0.25, -0.2) is 0 Å². The molecule has 3 N–H and O–H groups in total. The van der Waals surface area contributed by atoms with E-state index in [9.17, 15) is 13.2 Å². The SMILES string of the molecule is N[C@@H](CO)c1cc(Cl)ccc1C(F)(F)F. The molecular weight excluding hydrogens is 231 g/mol. The van der Waals surface area contributed by atoms with Gasteiger partial charge in [-0.1, -0.05) is 11.6 Å². The molecule has 0 aromatic heterocycles. The van der Waals surface area contributed by atoms with E-state index in [4.69, 9.17) is 22.4 Å². The van der Waals surface area contributed by atoms with Crippen LogP contribution in [0.15, 0.2) is 18.2 Å². The minimum atomic E-state index is -4.49. The molecule has 0 aliphatic carbocycles. The topological polar surface area (TPSA) is 46.2 Å². The van der Waals surface area contributed by atoms with Crippen molar-refractivity contribution in [3.05, 3.63) is 34.3 Å². The Morgan fingerprint density at radius 2 is 2.00 bits per heavy atom. The highest BCUT2D eigenvalue weighted by Gasteiger charge is 2.34. The molecule has 2 nitrogen and oxygen atoms in total. The Morgan fingerprint density at radius 3 is 2.47 bits per heavy atom. The van der Waals surface area contributed by atoms with Crippen LogP contribution in [-0.2, 0) is 6.18 Å². The Bertz CT molecular complexity index is 354. The predicted octanol–water partition coefficient (Wildman–Crippen LogP) is 2.35. The highest BCUT2D eigenvalue weighted by molar-refractivity contribution is 6.30. The summed E-state index contributed by atoms with van der Waals surface area (Å²) in [5.74, 6) is 0. The third-order valence-electron chi connectivity index (χ3n) is 1.92. The maximum Gasteiger partial charge on any atom is 0.416 e. The van der Waals surface area contributed by atoms with Gasteiger partial charge in [0.2, 0.25) is 0 Å². The van der Waals surface area contributed by atoms with E-state index < -0.39 is 24.4 Å². The van der Waals surface area contributed by atoms with Gasteiger partial charge < -0.3 is 10.8 Å². The molecule has 0 spiro atoms. The Hall–Kier alpha value is -0.780. The molecule has 0 aliphatic rings. The van der Waals surface area contributed by atoms with E-state index in [1.54, 1.807) is 0 Å². The molecule has 84 valence electrons. The summed E-state index contributed by atoms with van der Waals surface area (Å²) in [4.78, 5) is 0. The molecule has 6 heteroatoms. The smallest absolute Gasteiger partial charge is 0.394 e. The van der Waals surface area contributed by atoms with Crippen LogP contribution in [0.5, 0.6) is 0 Å². The van der Waals surface area contributed by atoms with Gasteiger partial charge in [0.05, 0.1) is 18.2 Å². The minimum absolute atomic E-state index is 0.155. The van der Waals surface area contributed by atoms with Crippen molar-refractivity contribution in [3.63, 3.8) is 0 Å². The van der Waals surface area contributed by atoms with Gasteiger partial charge >= 0.3 is 6.18 Å². The van der Waals surface area contributed by atoms with Gasteiger partial charge in [0.15, 0.2) is 0 Å². The van der Waals surface area contributed by atoms with Crippen molar-refractivity contribution in [3.8, 4) is 0 Å². The number of halogens is 4. The van der Waals surface area contributed by atoms with Gasteiger partial charge in [0, 0.05) is 5.02 Å². The molecule has 0 aliphatic heterocycles. The van der Waals surface area contributed by atoms with Crippen molar-refractivity contribution in [2.24, 2.45) is 5.73 Å². The fraction of sp³-hybridized carbons (Fsp3) is 0.333. The van der Waals surface area contributed by atoms with Crippen LogP contribution in [0.4, 0.5) is 13.2 Å². The number of aliphatic hydroxyl groups is 1. The van der Waals surface area contributed by atoms with Gasteiger partial charge in [-0.15, -0.1) is 0 Å². The molecule has 1 atom stereocenters. The number of nitrogens with two attached hydrogens (primary N) is 1. The highest BCUT2D eigenvalue weighted by Crippen LogP contribution is 2.35. The lowest BCUT2D eigenvalue weighted by atomic mass is 10.0. The Morgan fingerprint density at radius 1 is 1.40 bits per heavy atom. The quantitative estimate of drug-likeness (QED) is 0.832. The second-order valence-electron chi connectivity index (χ2n) is 3.02. The molecule has 0 amide bonds. The first-order valence-electron chi connectivity index (χ1n) is 4.09.